The molecule has 31 heavy (non-hydrogen) atoms. The lowest BCUT2D eigenvalue weighted by molar-refractivity contribution is 0.0697. The molecule has 0 aliphatic carbocycles. The molecule has 0 aromatic heterocycles. The van der Waals surface area contributed by atoms with Gasteiger partial charge >= 0.3 is 5.97 Å². The Balaban J connectivity index is 1.48. The highest BCUT2D eigenvalue weighted by atomic mass is 79.9. The number of benzene rings is 3. The van der Waals surface area contributed by atoms with Gasteiger partial charge in [0.05, 0.1) is 11.3 Å². The van der Waals surface area contributed by atoms with Crippen molar-refractivity contribution >= 4 is 44.9 Å². The van der Waals surface area contributed by atoms with Crippen molar-refractivity contribution in [2.45, 2.75) is 0 Å². The van der Waals surface area contributed by atoms with E-state index < -0.39 is 5.97 Å². The predicted octanol–water partition coefficient (Wildman–Crippen LogP) is 4.73. The lowest BCUT2D eigenvalue weighted by atomic mass is 10.1. The highest BCUT2D eigenvalue weighted by Gasteiger charge is 2.22. The number of piperazine rings is 1. The van der Waals surface area contributed by atoms with E-state index in [4.69, 9.17) is 0 Å². The summed E-state index contributed by atoms with van der Waals surface area (Å²) in [6.45, 7) is 3.07. The highest BCUT2D eigenvalue weighted by Crippen LogP contribution is 2.27. The maximum Gasteiger partial charge on any atom is 0.337 e. The van der Waals surface area contributed by atoms with Gasteiger partial charge in [0.2, 0.25) is 0 Å². The molecule has 0 unspecified atom stereocenters. The Hall–Kier alpha value is -3.32. The van der Waals surface area contributed by atoms with E-state index in [0.29, 0.717) is 16.9 Å². The number of aromatic carboxylic acids is 1. The van der Waals surface area contributed by atoms with Crippen molar-refractivity contribution in [3.8, 4) is 0 Å². The summed E-state index contributed by atoms with van der Waals surface area (Å²) in [4.78, 5) is 28.8. The largest absolute Gasteiger partial charge is 0.478 e. The highest BCUT2D eigenvalue weighted by molar-refractivity contribution is 9.10. The van der Waals surface area contributed by atoms with Gasteiger partial charge < -0.3 is 20.2 Å². The number of amides is 1. The molecule has 1 amide bonds. The van der Waals surface area contributed by atoms with Crippen LogP contribution in [0, 0.1) is 0 Å². The SMILES string of the molecule is O=C(Nc1ccc(N2CCN(c3ccccc3)CC2)c(C(=O)O)c1)c1ccc(Br)cc1. The zero-order valence-electron chi connectivity index (χ0n) is 16.8. The molecule has 3 aromatic carbocycles. The molecule has 158 valence electrons. The van der Waals surface area contributed by atoms with Crippen LogP contribution in [0.2, 0.25) is 0 Å². The number of carboxylic acids is 1. The standard InChI is InChI=1S/C24H22BrN3O3/c25-18-8-6-17(7-9-18)23(29)26-19-10-11-22(21(16-19)24(30)31)28-14-12-27(13-15-28)20-4-2-1-3-5-20/h1-11,16H,12-15H2,(H,26,29)(H,30,31). The first kappa shape index (κ1) is 20.9. The fourth-order valence-corrected chi connectivity index (χ4v) is 3.97. The molecule has 0 radical (unpaired) electrons. The average molecular weight is 480 g/mol. The number of anilines is 3. The zero-order valence-corrected chi connectivity index (χ0v) is 18.4. The summed E-state index contributed by atoms with van der Waals surface area (Å²) in [7, 11) is 0. The molecule has 0 bridgehead atoms. The number of hydrogen-bond donors (Lipinski definition) is 2. The summed E-state index contributed by atoms with van der Waals surface area (Å²) >= 11 is 3.34. The number of hydrogen-bond acceptors (Lipinski definition) is 4. The second-order valence-electron chi connectivity index (χ2n) is 7.31. The Morgan fingerprint density at radius 2 is 1.48 bits per heavy atom. The van der Waals surface area contributed by atoms with Gasteiger partial charge in [0, 0.05) is 47.6 Å². The van der Waals surface area contributed by atoms with Crippen LogP contribution in [0.4, 0.5) is 17.1 Å². The van der Waals surface area contributed by atoms with Crippen molar-refractivity contribution in [1.29, 1.82) is 0 Å². The Morgan fingerprint density at radius 3 is 2.13 bits per heavy atom. The van der Waals surface area contributed by atoms with Crippen molar-refractivity contribution in [3.05, 3.63) is 88.4 Å². The third-order valence-corrected chi connectivity index (χ3v) is 5.86. The van der Waals surface area contributed by atoms with Crippen LogP contribution in [0.25, 0.3) is 0 Å². The lowest BCUT2D eigenvalue weighted by Crippen LogP contribution is -2.47. The summed E-state index contributed by atoms with van der Waals surface area (Å²) in [5, 5.41) is 12.6. The van der Waals surface area contributed by atoms with Crippen molar-refractivity contribution in [2.75, 3.05) is 41.3 Å². The molecule has 1 aliphatic rings. The maximum atomic E-state index is 12.5. The number of nitrogens with one attached hydrogen (secondary N) is 1. The minimum absolute atomic E-state index is 0.182. The van der Waals surface area contributed by atoms with E-state index in [9.17, 15) is 14.7 Å². The van der Waals surface area contributed by atoms with Gasteiger partial charge in [-0.2, -0.15) is 0 Å². The van der Waals surface area contributed by atoms with E-state index in [2.05, 4.69) is 43.2 Å². The summed E-state index contributed by atoms with van der Waals surface area (Å²) in [5.74, 6) is -1.30. The van der Waals surface area contributed by atoms with Crippen molar-refractivity contribution in [2.24, 2.45) is 0 Å². The van der Waals surface area contributed by atoms with E-state index >= 15 is 0 Å². The third-order valence-electron chi connectivity index (χ3n) is 5.33. The Bertz CT molecular complexity index is 1080. The molecule has 0 saturated carbocycles. The molecule has 0 spiro atoms. The maximum absolute atomic E-state index is 12.5. The fraction of sp³-hybridized carbons (Fsp3) is 0.167. The molecule has 0 atom stereocenters. The molecule has 7 heteroatoms. The number of rotatable bonds is 5. The zero-order chi connectivity index (χ0) is 21.8. The van der Waals surface area contributed by atoms with Crippen LogP contribution >= 0.6 is 15.9 Å². The Labute approximate surface area is 189 Å². The number of carbonyl (C=O) groups excluding carboxylic acids is 1. The smallest absolute Gasteiger partial charge is 0.337 e. The van der Waals surface area contributed by atoms with E-state index in [1.807, 2.05) is 18.2 Å². The van der Waals surface area contributed by atoms with Crippen LogP contribution in [0.3, 0.4) is 0 Å². The Morgan fingerprint density at radius 1 is 0.839 bits per heavy atom. The van der Waals surface area contributed by atoms with Gasteiger partial charge in [0.1, 0.15) is 0 Å². The van der Waals surface area contributed by atoms with Crippen LogP contribution in [-0.2, 0) is 0 Å². The van der Waals surface area contributed by atoms with E-state index in [1.54, 1.807) is 36.4 Å². The number of halogens is 1. The summed E-state index contributed by atoms with van der Waals surface area (Å²) in [6.07, 6.45) is 0. The van der Waals surface area contributed by atoms with Crippen LogP contribution < -0.4 is 15.1 Å². The van der Waals surface area contributed by atoms with Crippen LogP contribution in [0.1, 0.15) is 20.7 Å². The number of carbonyl (C=O) groups is 2. The first-order valence-corrected chi connectivity index (χ1v) is 10.8. The molecule has 1 aliphatic heterocycles. The fourth-order valence-electron chi connectivity index (χ4n) is 3.71. The molecular formula is C24H22BrN3O3. The second kappa shape index (κ2) is 9.22. The molecule has 3 aromatic rings. The minimum atomic E-state index is -1.01. The van der Waals surface area contributed by atoms with Gasteiger partial charge in [-0.3, -0.25) is 4.79 Å². The van der Waals surface area contributed by atoms with E-state index in [0.717, 1.165) is 30.7 Å². The Kier molecular flexibility index (Phi) is 6.23. The van der Waals surface area contributed by atoms with Gasteiger partial charge in [-0.25, -0.2) is 4.79 Å². The second-order valence-corrected chi connectivity index (χ2v) is 8.22. The topological polar surface area (TPSA) is 72.9 Å². The average Bonchev–Trinajstić information content (AvgIpc) is 2.80. The summed E-state index contributed by atoms with van der Waals surface area (Å²) in [6, 6.07) is 22.2. The van der Waals surface area contributed by atoms with Gasteiger partial charge in [0.15, 0.2) is 0 Å². The van der Waals surface area contributed by atoms with Gasteiger partial charge in [0.25, 0.3) is 5.91 Å². The molecule has 1 fully saturated rings. The lowest BCUT2D eigenvalue weighted by Gasteiger charge is -2.38. The molecule has 1 heterocycles. The summed E-state index contributed by atoms with van der Waals surface area (Å²) < 4.78 is 0.883. The first-order valence-electron chi connectivity index (χ1n) is 10.0. The molecule has 2 N–H and O–H groups in total. The van der Waals surface area contributed by atoms with Crippen LogP contribution in [-0.4, -0.2) is 43.2 Å². The number of nitrogens with zero attached hydrogens (tertiary/aromatic N) is 2. The molecular weight excluding hydrogens is 458 g/mol. The minimum Gasteiger partial charge on any atom is -0.478 e. The normalized spacial score (nSPS) is 13.7. The van der Waals surface area contributed by atoms with E-state index in [1.165, 1.54) is 11.8 Å². The third kappa shape index (κ3) is 4.88. The molecule has 1 saturated heterocycles. The van der Waals surface area contributed by atoms with Gasteiger partial charge in [-0.05, 0) is 54.6 Å². The van der Waals surface area contributed by atoms with E-state index in [-0.39, 0.29) is 11.5 Å². The molecule has 4 rings (SSSR count). The number of carboxylic acid groups (broad SMARTS) is 1. The van der Waals surface area contributed by atoms with Gasteiger partial charge in [-0.1, -0.05) is 34.1 Å². The first-order chi connectivity index (χ1) is 15.0. The van der Waals surface area contributed by atoms with Crippen molar-refractivity contribution < 1.29 is 14.7 Å². The van der Waals surface area contributed by atoms with Crippen molar-refractivity contribution in [1.82, 2.24) is 0 Å². The van der Waals surface area contributed by atoms with Crippen LogP contribution in [0.5, 0.6) is 0 Å². The van der Waals surface area contributed by atoms with Crippen molar-refractivity contribution in [3.63, 3.8) is 0 Å². The summed E-state index contributed by atoms with van der Waals surface area (Å²) in [5.41, 5.74) is 2.98. The van der Waals surface area contributed by atoms with Gasteiger partial charge in [-0.15, -0.1) is 0 Å². The monoisotopic (exact) mass is 479 g/mol. The number of para-hydroxylation sites is 1. The molecule has 6 nitrogen and oxygen atoms in total. The predicted molar refractivity (Wildman–Crippen MR) is 126 cm³/mol. The quantitative estimate of drug-likeness (QED) is 0.553. The van der Waals surface area contributed by atoms with Crippen LogP contribution in [0.15, 0.2) is 77.3 Å².